The molecule has 0 aliphatic heterocycles. The number of aryl methyl sites for hydroxylation is 1. The number of carbonyl (C=O) groups is 5. The van der Waals surface area contributed by atoms with Crippen LogP contribution in [0.15, 0.2) is 30.3 Å². The Balaban J connectivity index is -0.000000111. The molecular weight excluding hydrogens is 484 g/mol. The first-order valence-electron chi connectivity index (χ1n) is 11.9. The van der Waals surface area contributed by atoms with Crippen molar-refractivity contribution in [1.29, 1.82) is 0 Å². The topological polar surface area (TPSA) is 132 Å². The van der Waals surface area contributed by atoms with Gasteiger partial charge in [-0.05, 0) is 41.5 Å². The van der Waals surface area contributed by atoms with Crippen LogP contribution in [0.5, 0.6) is 0 Å². The second-order valence-corrected chi connectivity index (χ2v) is 6.28. The molecule has 0 bridgehead atoms. The molecule has 0 aliphatic rings. The smallest absolute Gasteiger partial charge is 0.302 e. The highest BCUT2D eigenvalue weighted by molar-refractivity contribution is 5.66. The van der Waals surface area contributed by atoms with E-state index in [1.807, 2.05) is 18.2 Å². The Bertz CT molecular complexity index is 580. The lowest BCUT2D eigenvalue weighted by molar-refractivity contribution is -0.141. The summed E-state index contributed by atoms with van der Waals surface area (Å²) in [7, 11) is 0. The van der Waals surface area contributed by atoms with Gasteiger partial charge in [-0.25, -0.2) is 0 Å². The van der Waals surface area contributed by atoms with Crippen molar-refractivity contribution >= 4 is 29.8 Å². The lowest BCUT2D eigenvalue weighted by Gasteiger charge is -1.89. The van der Waals surface area contributed by atoms with Crippen LogP contribution >= 0.6 is 0 Å². The van der Waals surface area contributed by atoms with Gasteiger partial charge in [-0.2, -0.15) is 0 Å². The van der Waals surface area contributed by atoms with Gasteiger partial charge in [-0.3, -0.25) is 24.0 Å². The standard InChI is InChI=1S/C7H8.5C4H8O2/c1-7-5-3-2-4-6-7;5*1-3-6-4(2)5/h2-6H,1H3;5*3H2,1-2H3. The number of ether oxygens (including phenoxy) is 5. The lowest BCUT2D eigenvalue weighted by atomic mass is 10.2. The Morgan fingerprint density at radius 3 is 0.703 bits per heavy atom. The molecule has 0 aromatic heterocycles. The third kappa shape index (κ3) is 79.5. The normalized spacial score (nSPS) is 7.86. The summed E-state index contributed by atoms with van der Waals surface area (Å²) in [6.07, 6.45) is 0. The molecule has 0 N–H and O–H groups in total. The van der Waals surface area contributed by atoms with E-state index in [1.165, 1.54) is 40.2 Å². The Morgan fingerprint density at radius 2 is 0.649 bits per heavy atom. The zero-order chi connectivity index (χ0) is 30.1. The Morgan fingerprint density at radius 1 is 0.459 bits per heavy atom. The highest BCUT2D eigenvalue weighted by Gasteiger charge is 1.83. The summed E-state index contributed by atoms with van der Waals surface area (Å²) in [5, 5.41) is 0. The first kappa shape index (κ1) is 43.6. The van der Waals surface area contributed by atoms with Crippen LogP contribution in [0.4, 0.5) is 0 Å². The van der Waals surface area contributed by atoms with E-state index in [0.29, 0.717) is 33.0 Å². The maximum atomic E-state index is 9.82. The maximum Gasteiger partial charge on any atom is 0.302 e. The van der Waals surface area contributed by atoms with Crippen LogP contribution in [-0.2, 0) is 47.7 Å². The molecule has 37 heavy (non-hydrogen) atoms. The van der Waals surface area contributed by atoms with Gasteiger partial charge in [0.1, 0.15) is 0 Å². The summed E-state index contributed by atoms with van der Waals surface area (Å²) >= 11 is 0. The minimum atomic E-state index is -0.211. The second-order valence-electron chi connectivity index (χ2n) is 6.28. The Labute approximate surface area is 222 Å². The molecule has 1 rings (SSSR count). The molecule has 0 heterocycles. The molecule has 0 atom stereocenters. The molecule has 0 aliphatic carbocycles. The zero-order valence-electron chi connectivity index (χ0n) is 24.5. The van der Waals surface area contributed by atoms with Crippen molar-refractivity contribution in [2.45, 2.75) is 76.2 Å². The van der Waals surface area contributed by atoms with Crippen LogP contribution in [-0.4, -0.2) is 62.9 Å². The van der Waals surface area contributed by atoms with Crippen LogP contribution < -0.4 is 0 Å². The molecule has 0 spiro atoms. The molecular formula is C27H48O10. The summed E-state index contributed by atoms with van der Waals surface area (Å²) in [4.78, 5) is 49.1. The number of hydrogen-bond acceptors (Lipinski definition) is 10. The van der Waals surface area contributed by atoms with Crippen LogP contribution in [0.1, 0.15) is 74.8 Å². The van der Waals surface area contributed by atoms with Crippen molar-refractivity contribution in [3.63, 3.8) is 0 Å². The Kier molecular flexibility index (Phi) is 43.8. The summed E-state index contributed by atoms with van der Waals surface area (Å²) in [6, 6.07) is 10.3. The Hall–Kier alpha value is -3.43. The van der Waals surface area contributed by atoms with Gasteiger partial charge in [-0.1, -0.05) is 35.9 Å². The fraction of sp³-hybridized carbons (Fsp3) is 0.593. The van der Waals surface area contributed by atoms with Gasteiger partial charge in [-0.15, -0.1) is 0 Å². The lowest BCUT2D eigenvalue weighted by Crippen LogP contribution is -1.95. The molecule has 0 saturated heterocycles. The van der Waals surface area contributed by atoms with Gasteiger partial charge >= 0.3 is 29.8 Å². The summed E-state index contributed by atoms with van der Waals surface area (Å²) in [6.45, 7) is 20.3. The van der Waals surface area contributed by atoms with Crippen molar-refractivity contribution in [3.05, 3.63) is 35.9 Å². The highest BCUT2D eigenvalue weighted by Crippen LogP contribution is 1.92. The van der Waals surface area contributed by atoms with Crippen LogP contribution in [0.3, 0.4) is 0 Å². The molecule has 216 valence electrons. The maximum absolute atomic E-state index is 9.82. The fourth-order valence-electron chi connectivity index (χ4n) is 1.55. The van der Waals surface area contributed by atoms with Gasteiger partial charge in [0.05, 0.1) is 33.0 Å². The molecule has 1 aromatic carbocycles. The van der Waals surface area contributed by atoms with E-state index < -0.39 is 0 Å². The van der Waals surface area contributed by atoms with E-state index in [-0.39, 0.29) is 29.8 Å². The monoisotopic (exact) mass is 532 g/mol. The second kappa shape index (κ2) is 37.1. The van der Waals surface area contributed by atoms with Crippen molar-refractivity contribution < 1.29 is 47.7 Å². The summed E-state index contributed by atoms with van der Waals surface area (Å²) in [5.41, 5.74) is 1.32. The van der Waals surface area contributed by atoms with Crippen LogP contribution in [0.2, 0.25) is 0 Å². The zero-order valence-corrected chi connectivity index (χ0v) is 24.5. The van der Waals surface area contributed by atoms with Crippen molar-refractivity contribution in [3.8, 4) is 0 Å². The van der Waals surface area contributed by atoms with Crippen LogP contribution in [0, 0.1) is 6.92 Å². The van der Waals surface area contributed by atoms with Crippen molar-refractivity contribution in [1.82, 2.24) is 0 Å². The molecule has 1 aromatic rings. The minimum absolute atomic E-state index is 0.211. The van der Waals surface area contributed by atoms with Gasteiger partial charge in [0.15, 0.2) is 0 Å². The average Bonchev–Trinajstić information content (AvgIpc) is 2.76. The van der Waals surface area contributed by atoms with E-state index in [2.05, 4.69) is 42.7 Å². The van der Waals surface area contributed by atoms with E-state index in [9.17, 15) is 24.0 Å². The number of benzene rings is 1. The largest absolute Gasteiger partial charge is 0.466 e. The van der Waals surface area contributed by atoms with Crippen molar-refractivity contribution in [2.75, 3.05) is 33.0 Å². The number of esters is 5. The highest BCUT2D eigenvalue weighted by atomic mass is 16.5. The molecule has 10 nitrogen and oxygen atoms in total. The molecule has 0 saturated carbocycles. The van der Waals surface area contributed by atoms with Gasteiger partial charge in [0, 0.05) is 34.6 Å². The minimum Gasteiger partial charge on any atom is -0.466 e. The first-order valence-corrected chi connectivity index (χ1v) is 11.9. The number of rotatable bonds is 5. The van der Waals surface area contributed by atoms with Gasteiger partial charge < -0.3 is 23.7 Å². The molecule has 10 heteroatoms. The molecule has 0 fully saturated rings. The van der Waals surface area contributed by atoms with E-state index in [1.54, 1.807) is 34.6 Å². The molecule has 0 radical (unpaired) electrons. The number of hydrogen-bond donors (Lipinski definition) is 0. The van der Waals surface area contributed by atoms with E-state index >= 15 is 0 Å². The van der Waals surface area contributed by atoms with Gasteiger partial charge in [0.25, 0.3) is 0 Å². The SMILES string of the molecule is CCOC(C)=O.CCOC(C)=O.CCOC(C)=O.CCOC(C)=O.CCOC(C)=O.Cc1ccccc1. The summed E-state index contributed by atoms with van der Waals surface area (Å²) in [5.74, 6) is -1.05. The fourth-order valence-corrected chi connectivity index (χ4v) is 1.55. The van der Waals surface area contributed by atoms with E-state index in [0.717, 1.165) is 0 Å². The third-order valence-electron chi connectivity index (χ3n) is 2.68. The molecule has 0 unspecified atom stereocenters. The molecule has 0 amide bonds. The van der Waals surface area contributed by atoms with Gasteiger partial charge in [0.2, 0.25) is 0 Å². The quantitative estimate of drug-likeness (QED) is 0.383. The third-order valence-corrected chi connectivity index (χ3v) is 2.68. The predicted molar refractivity (Wildman–Crippen MR) is 143 cm³/mol. The average molecular weight is 533 g/mol. The predicted octanol–water partition coefficient (Wildman–Crippen LogP) is 4.84. The van der Waals surface area contributed by atoms with E-state index in [4.69, 9.17) is 0 Å². The van der Waals surface area contributed by atoms with Crippen molar-refractivity contribution in [2.24, 2.45) is 0 Å². The number of carbonyl (C=O) groups excluding carboxylic acids is 5. The van der Waals surface area contributed by atoms with Crippen LogP contribution in [0.25, 0.3) is 0 Å². The summed E-state index contributed by atoms with van der Waals surface area (Å²) < 4.78 is 22.0. The first-order chi connectivity index (χ1) is 17.2.